The van der Waals surface area contributed by atoms with E-state index in [4.69, 9.17) is 0 Å². The zero-order chi connectivity index (χ0) is 10.7. The number of thiazole rings is 1. The molecule has 4 heteroatoms. The van der Waals surface area contributed by atoms with Crippen LogP contribution in [0.1, 0.15) is 30.0 Å². The molecule has 1 N–H and O–H groups in total. The van der Waals surface area contributed by atoms with Gasteiger partial charge in [-0.05, 0) is 26.3 Å². The van der Waals surface area contributed by atoms with Gasteiger partial charge in [0.15, 0.2) is 0 Å². The summed E-state index contributed by atoms with van der Waals surface area (Å²) < 4.78 is 13.9. The fraction of sp³-hybridized carbons (Fsp3) is 0.727. The third-order valence-corrected chi connectivity index (χ3v) is 3.81. The fourth-order valence-electron chi connectivity index (χ4n) is 1.99. The van der Waals surface area contributed by atoms with Crippen LogP contribution in [0.5, 0.6) is 0 Å². The molecule has 0 amide bonds. The number of aryl methyl sites for hydroxylation is 1. The van der Waals surface area contributed by atoms with Crippen LogP contribution in [0.2, 0.25) is 0 Å². The number of alkyl halides is 1. The highest BCUT2D eigenvalue weighted by molar-refractivity contribution is 7.09. The summed E-state index contributed by atoms with van der Waals surface area (Å²) in [7, 11) is 0. The van der Waals surface area contributed by atoms with Crippen molar-refractivity contribution >= 4 is 11.3 Å². The summed E-state index contributed by atoms with van der Waals surface area (Å²) in [6.45, 7) is 2.91. The first kappa shape index (κ1) is 11.0. The Kier molecular flexibility index (Phi) is 3.70. The average molecular weight is 228 g/mol. The second kappa shape index (κ2) is 5.03. The van der Waals surface area contributed by atoms with Gasteiger partial charge in [0.1, 0.15) is 6.17 Å². The lowest BCUT2D eigenvalue weighted by Crippen LogP contribution is -2.42. The lowest BCUT2D eigenvalue weighted by molar-refractivity contribution is 0.217. The zero-order valence-electron chi connectivity index (χ0n) is 9.00. The first-order valence-corrected chi connectivity index (χ1v) is 6.42. The van der Waals surface area contributed by atoms with Gasteiger partial charge >= 0.3 is 0 Å². The van der Waals surface area contributed by atoms with Crippen molar-refractivity contribution in [1.82, 2.24) is 10.3 Å². The molecule has 2 nitrogen and oxygen atoms in total. The summed E-state index contributed by atoms with van der Waals surface area (Å²) in [5.74, 6) is 0. The molecular formula is C11H17FN2S. The molecule has 1 aromatic heterocycles. The van der Waals surface area contributed by atoms with Crippen molar-refractivity contribution in [2.45, 2.75) is 44.8 Å². The van der Waals surface area contributed by atoms with Crippen LogP contribution in [0.15, 0.2) is 5.38 Å². The van der Waals surface area contributed by atoms with Crippen LogP contribution in [0.25, 0.3) is 0 Å². The van der Waals surface area contributed by atoms with Crippen molar-refractivity contribution in [1.29, 1.82) is 0 Å². The topological polar surface area (TPSA) is 24.9 Å². The molecule has 0 saturated carbocycles. The predicted molar refractivity (Wildman–Crippen MR) is 61.1 cm³/mol. The zero-order valence-corrected chi connectivity index (χ0v) is 9.82. The first-order valence-electron chi connectivity index (χ1n) is 5.54. The standard InChI is InChI=1S/C11H17FN2S/c1-8-7-15-11(14-8)6-9(12)10-4-2-3-5-13-10/h7,9-10,13H,2-6H2,1H3. The van der Waals surface area contributed by atoms with E-state index in [0.29, 0.717) is 6.42 Å². The van der Waals surface area contributed by atoms with E-state index in [0.717, 1.165) is 30.1 Å². The molecule has 1 aromatic rings. The summed E-state index contributed by atoms with van der Waals surface area (Å²) in [6.07, 6.45) is 2.98. The molecular weight excluding hydrogens is 211 g/mol. The smallest absolute Gasteiger partial charge is 0.122 e. The van der Waals surface area contributed by atoms with Crippen LogP contribution < -0.4 is 5.32 Å². The number of nitrogens with one attached hydrogen (secondary N) is 1. The molecule has 2 unspecified atom stereocenters. The van der Waals surface area contributed by atoms with Crippen molar-refractivity contribution in [2.75, 3.05) is 6.54 Å². The third kappa shape index (κ3) is 2.98. The van der Waals surface area contributed by atoms with Crippen molar-refractivity contribution < 1.29 is 4.39 Å². The van der Waals surface area contributed by atoms with Gasteiger partial charge in [-0.2, -0.15) is 0 Å². The van der Waals surface area contributed by atoms with Crippen molar-refractivity contribution in [2.24, 2.45) is 0 Å². The normalized spacial score (nSPS) is 24.0. The molecule has 1 aliphatic heterocycles. The summed E-state index contributed by atoms with van der Waals surface area (Å²) in [5.41, 5.74) is 0.999. The maximum absolute atomic E-state index is 13.9. The van der Waals surface area contributed by atoms with Crippen molar-refractivity contribution in [3.05, 3.63) is 16.1 Å². The van der Waals surface area contributed by atoms with Gasteiger partial charge in [0, 0.05) is 23.5 Å². The van der Waals surface area contributed by atoms with Crippen LogP contribution in [0.3, 0.4) is 0 Å². The summed E-state index contributed by atoms with van der Waals surface area (Å²) in [4.78, 5) is 4.30. The molecule has 2 rings (SSSR count). The van der Waals surface area contributed by atoms with Gasteiger partial charge in [0.05, 0.1) is 5.01 Å². The van der Waals surface area contributed by atoms with E-state index in [9.17, 15) is 4.39 Å². The second-order valence-corrected chi connectivity index (χ2v) is 5.10. The Morgan fingerprint density at radius 2 is 2.53 bits per heavy atom. The molecule has 0 radical (unpaired) electrons. The quantitative estimate of drug-likeness (QED) is 0.859. The Balaban J connectivity index is 1.88. The molecule has 1 fully saturated rings. The minimum absolute atomic E-state index is 0.0444. The SMILES string of the molecule is Cc1csc(CC(F)C2CCCCN2)n1. The van der Waals surface area contributed by atoms with E-state index < -0.39 is 6.17 Å². The summed E-state index contributed by atoms with van der Waals surface area (Å²) in [6, 6.07) is 0.0444. The first-order chi connectivity index (χ1) is 7.25. The Bertz CT molecular complexity index is 307. The maximum Gasteiger partial charge on any atom is 0.122 e. The van der Waals surface area contributed by atoms with Gasteiger partial charge in [-0.25, -0.2) is 9.37 Å². The highest BCUT2D eigenvalue weighted by Gasteiger charge is 2.23. The molecule has 84 valence electrons. The molecule has 0 aliphatic carbocycles. The number of piperidine rings is 1. The lowest BCUT2D eigenvalue weighted by atomic mass is 9.99. The van der Waals surface area contributed by atoms with Crippen LogP contribution >= 0.6 is 11.3 Å². The number of halogens is 1. The van der Waals surface area contributed by atoms with E-state index in [1.807, 2.05) is 12.3 Å². The van der Waals surface area contributed by atoms with Gasteiger partial charge in [-0.3, -0.25) is 0 Å². The van der Waals surface area contributed by atoms with Crippen LogP contribution in [-0.4, -0.2) is 23.7 Å². The second-order valence-electron chi connectivity index (χ2n) is 4.16. The summed E-state index contributed by atoms with van der Waals surface area (Å²) >= 11 is 1.56. The van der Waals surface area contributed by atoms with E-state index in [1.165, 1.54) is 6.42 Å². The van der Waals surface area contributed by atoms with Gasteiger partial charge < -0.3 is 5.32 Å². The van der Waals surface area contributed by atoms with Crippen molar-refractivity contribution in [3.63, 3.8) is 0 Å². The Hall–Kier alpha value is -0.480. The van der Waals surface area contributed by atoms with E-state index in [1.54, 1.807) is 11.3 Å². The number of rotatable bonds is 3. The Morgan fingerprint density at radius 1 is 1.67 bits per heavy atom. The third-order valence-electron chi connectivity index (χ3n) is 2.82. The van der Waals surface area contributed by atoms with Crippen LogP contribution in [0, 0.1) is 6.92 Å². The molecule has 2 atom stereocenters. The molecule has 15 heavy (non-hydrogen) atoms. The van der Waals surface area contributed by atoms with Gasteiger partial charge in [0.2, 0.25) is 0 Å². The lowest BCUT2D eigenvalue weighted by Gasteiger charge is -2.26. The molecule has 2 heterocycles. The monoisotopic (exact) mass is 228 g/mol. The highest BCUT2D eigenvalue weighted by atomic mass is 32.1. The molecule has 0 aromatic carbocycles. The van der Waals surface area contributed by atoms with E-state index in [2.05, 4.69) is 10.3 Å². The highest BCUT2D eigenvalue weighted by Crippen LogP contribution is 2.18. The average Bonchev–Trinajstić information content (AvgIpc) is 2.65. The van der Waals surface area contributed by atoms with Crippen LogP contribution in [-0.2, 0) is 6.42 Å². The molecule has 0 bridgehead atoms. The minimum atomic E-state index is -0.782. The largest absolute Gasteiger partial charge is 0.311 e. The Morgan fingerprint density at radius 3 is 3.13 bits per heavy atom. The van der Waals surface area contributed by atoms with Gasteiger partial charge in [-0.1, -0.05) is 6.42 Å². The van der Waals surface area contributed by atoms with Gasteiger partial charge in [-0.15, -0.1) is 11.3 Å². The van der Waals surface area contributed by atoms with E-state index >= 15 is 0 Å². The van der Waals surface area contributed by atoms with Crippen LogP contribution in [0.4, 0.5) is 4.39 Å². The minimum Gasteiger partial charge on any atom is -0.311 e. The van der Waals surface area contributed by atoms with Gasteiger partial charge in [0.25, 0.3) is 0 Å². The predicted octanol–water partition coefficient (Wildman–Crippen LogP) is 2.47. The number of aromatic nitrogens is 1. The maximum atomic E-state index is 13.9. The fourth-order valence-corrected chi connectivity index (χ4v) is 2.80. The molecule has 1 saturated heterocycles. The number of hydrogen-bond acceptors (Lipinski definition) is 3. The Labute approximate surface area is 93.9 Å². The summed E-state index contributed by atoms with van der Waals surface area (Å²) in [5, 5.41) is 6.15. The van der Waals surface area contributed by atoms with E-state index in [-0.39, 0.29) is 6.04 Å². The molecule has 0 spiro atoms. The van der Waals surface area contributed by atoms with Crippen molar-refractivity contribution in [3.8, 4) is 0 Å². The number of hydrogen-bond donors (Lipinski definition) is 1. The molecule has 1 aliphatic rings. The number of nitrogens with zero attached hydrogens (tertiary/aromatic N) is 1.